The van der Waals surface area contributed by atoms with Crippen molar-refractivity contribution in [2.75, 3.05) is 6.54 Å². The lowest BCUT2D eigenvalue weighted by atomic mass is 9.85. The van der Waals surface area contributed by atoms with Gasteiger partial charge in [-0.25, -0.2) is 0 Å². The van der Waals surface area contributed by atoms with Crippen molar-refractivity contribution in [1.29, 1.82) is 0 Å². The van der Waals surface area contributed by atoms with E-state index in [2.05, 4.69) is 34.3 Å². The van der Waals surface area contributed by atoms with Crippen molar-refractivity contribution in [3.63, 3.8) is 0 Å². The zero-order chi connectivity index (χ0) is 18.8. The van der Waals surface area contributed by atoms with Crippen LogP contribution in [0.2, 0.25) is 0 Å². The number of nitrogens with two attached hydrogens (primary N) is 1. The zero-order valence-corrected chi connectivity index (χ0v) is 15.3. The van der Waals surface area contributed by atoms with Crippen molar-refractivity contribution in [2.24, 2.45) is 5.73 Å². The molecular weight excluding hydrogens is 338 g/mol. The van der Waals surface area contributed by atoms with Crippen LogP contribution in [0.25, 0.3) is 0 Å². The van der Waals surface area contributed by atoms with Crippen LogP contribution in [-0.4, -0.2) is 28.6 Å². The second-order valence-electron chi connectivity index (χ2n) is 7.02. The van der Waals surface area contributed by atoms with Gasteiger partial charge in [-0.15, -0.1) is 0 Å². The number of aromatic nitrogens is 1. The molecule has 1 aromatic heterocycles. The van der Waals surface area contributed by atoms with Crippen LogP contribution in [0.15, 0.2) is 65.2 Å². The number of rotatable bonds is 5. The van der Waals surface area contributed by atoms with Crippen molar-refractivity contribution >= 4 is 5.91 Å². The summed E-state index contributed by atoms with van der Waals surface area (Å²) in [6.07, 6.45) is 0.732. The van der Waals surface area contributed by atoms with Gasteiger partial charge < -0.3 is 10.3 Å². The molecule has 1 aliphatic rings. The van der Waals surface area contributed by atoms with Crippen LogP contribution in [0.1, 0.15) is 41.0 Å². The predicted molar refractivity (Wildman–Crippen MR) is 103 cm³/mol. The van der Waals surface area contributed by atoms with Crippen molar-refractivity contribution in [2.45, 2.75) is 31.8 Å². The van der Waals surface area contributed by atoms with Gasteiger partial charge in [-0.3, -0.25) is 9.69 Å². The van der Waals surface area contributed by atoms with E-state index in [9.17, 15) is 4.79 Å². The molecule has 0 saturated carbocycles. The van der Waals surface area contributed by atoms with Gasteiger partial charge in [0, 0.05) is 25.1 Å². The van der Waals surface area contributed by atoms with E-state index in [1.54, 1.807) is 0 Å². The molecule has 0 radical (unpaired) electrons. The number of hydrogen-bond donors (Lipinski definition) is 1. The Bertz CT molecular complexity index is 882. The van der Waals surface area contributed by atoms with Crippen molar-refractivity contribution in [1.82, 2.24) is 10.1 Å². The highest BCUT2D eigenvalue weighted by Crippen LogP contribution is 2.36. The first-order chi connectivity index (χ1) is 13.1. The molecular formula is C22H23N3O2. The third-order valence-electron chi connectivity index (χ3n) is 5.39. The van der Waals surface area contributed by atoms with E-state index < -0.39 is 0 Å². The van der Waals surface area contributed by atoms with E-state index in [-0.39, 0.29) is 17.9 Å². The van der Waals surface area contributed by atoms with Gasteiger partial charge in [0.1, 0.15) is 11.5 Å². The molecule has 0 fully saturated rings. The summed E-state index contributed by atoms with van der Waals surface area (Å²) in [6, 6.07) is 20.3. The van der Waals surface area contributed by atoms with Crippen LogP contribution in [0, 0.1) is 0 Å². The molecule has 27 heavy (non-hydrogen) atoms. The lowest BCUT2D eigenvalue weighted by Crippen LogP contribution is -2.45. The van der Waals surface area contributed by atoms with Gasteiger partial charge in [-0.2, -0.15) is 0 Å². The van der Waals surface area contributed by atoms with E-state index >= 15 is 0 Å². The first kappa shape index (κ1) is 17.5. The largest absolute Gasteiger partial charge is 0.368 e. The number of primary amides is 1. The van der Waals surface area contributed by atoms with Gasteiger partial charge in [0.05, 0.1) is 12.0 Å². The van der Waals surface area contributed by atoms with E-state index in [4.69, 9.17) is 10.3 Å². The Labute approximate surface area is 158 Å². The SMILES string of the molecule is C[C@H](C(N)=O)N1CCc2onc(C(c3ccccc3)c3ccccc3)c2C1. The molecule has 1 aliphatic heterocycles. The molecule has 3 aromatic rings. The maximum Gasteiger partial charge on any atom is 0.234 e. The molecule has 1 amide bonds. The molecule has 5 heteroatoms. The van der Waals surface area contributed by atoms with Crippen molar-refractivity contribution in [3.05, 3.63) is 88.8 Å². The van der Waals surface area contributed by atoms with Gasteiger partial charge in [0.15, 0.2) is 0 Å². The van der Waals surface area contributed by atoms with E-state index in [1.165, 1.54) is 11.1 Å². The molecule has 0 unspecified atom stereocenters. The first-order valence-electron chi connectivity index (χ1n) is 9.25. The summed E-state index contributed by atoms with van der Waals surface area (Å²) in [4.78, 5) is 13.7. The molecule has 2 aromatic carbocycles. The quantitative estimate of drug-likeness (QED) is 0.758. The van der Waals surface area contributed by atoms with Crippen LogP contribution >= 0.6 is 0 Å². The molecule has 0 spiro atoms. The lowest BCUT2D eigenvalue weighted by Gasteiger charge is -2.30. The average Bonchev–Trinajstić information content (AvgIpc) is 3.12. The fourth-order valence-corrected chi connectivity index (χ4v) is 3.79. The summed E-state index contributed by atoms with van der Waals surface area (Å²) in [6.45, 7) is 3.22. The average molecular weight is 361 g/mol. The molecule has 0 aliphatic carbocycles. The van der Waals surface area contributed by atoms with Gasteiger partial charge in [-0.05, 0) is 18.1 Å². The summed E-state index contributed by atoms with van der Waals surface area (Å²) < 4.78 is 5.71. The highest BCUT2D eigenvalue weighted by molar-refractivity contribution is 5.79. The standard InChI is InChI=1S/C22H23N3O2/c1-15(22(23)26)25-13-12-19-18(14-25)21(24-27-19)20(16-8-4-2-5-9-16)17-10-6-3-7-11-17/h2-11,15,20H,12-14H2,1H3,(H2,23,26)/t15-/m1/s1. The normalized spacial score (nSPS) is 15.5. The third-order valence-corrected chi connectivity index (χ3v) is 5.39. The molecule has 138 valence electrons. The number of hydrogen-bond acceptors (Lipinski definition) is 4. The Hall–Kier alpha value is -2.92. The summed E-state index contributed by atoms with van der Waals surface area (Å²) in [5.41, 5.74) is 9.85. The Balaban J connectivity index is 1.77. The summed E-state index contributed by atoms with van der Waals surface area (Å²) >= 11 is 0. The van der Waals surface area contributed by atoms with Gasteiger partial charge >= 0.3 is 0 Å². The molecule has 2 heterocycles. The molecule has 4 rings (SSSR count). The number of benzene rings is 2. The Kier molecular flexibility index (Phi) is 4.77. The molecule has 1 atom stereocenters. The van der Waals surface area contributed by atoms with Crippen molar-refractivity contribution in [3.8, 4) is 0 Å². The predicted octanol–water partition coefficient (Wildman–Crippen LogP) is 3.09. The first-order valence-corrected chi connectivity index (χ1v) is 9.25. The third kappa shape index (κ3) is 3.38. The van der Waals surface area contributed by atoms with Gasteiger partial charge in [0.25, 0.3) is 0 Å². The van der Waals surface area contributed by atoms with E-state index in [1.807, 2.05) is 43.3 Å². The Morgan fingerprint density at radius 1 is 1.07 bits per heavy atom. The van der Waals surface area contributed by atoms with Crippen LogP contribution in [0.3, 0.4) is 0 Å². The van der Waals surface area contributed by atoms with Crippen molar-refractivity contribution < 1.29 is 9.32 Å². The smallest absolute Gasteiger partial charge is 0.234 e. The maximum absolute atomic E-state index is 11.7. The minimum absolute atomic E-state index is 0.0104. The highest BCUT2D eigenvalue weighted by Gasteiger charge is 2.32. The van der Waals surface area contributed by atoms with Crippen LogP contribution in [-0.2, 0) is 17.8 Å². The minimum Gasteiger partial charge on any atom is -0.368 e. The highest BCUT2D eigenvalue weighted by atomic mass is 16.5. The minimum atomic E-state index is -0.312. The van der Waals surface area contributed by atoms with Crippen LogP contribution in [0.5, 0.6) is 0 Å². The van der Waals surface area contributed by atoms with Gasteiger partial charge in [-0.1, -0.05) is 65.8 Å². The van der Waals surface area contributed by atoms with E-state index in [0.29, 0.717) is 6.54 Å². The van der Waals surface area contributed by atoms with Gasteiger partial charge in [0.2, 0.25) is 5.91 Å². The fourth-order valence-electron chi connectivity index (χ4n) is 3.79. The topological polar surface area (TPSA) is 72.4 Å². The van der Waals surface area contributed by atoms with Crippen LogP contribution < -0.4 is 5.73 Å². The maximum atomic E-state index is 11.7. The second-order valence-corrected chi connectivity index (χ2v) is 7.02. The van der Waals surface area contributed by atoms with Crippen LogP contribution in [0.4, 0.5) is 0 Å². The number of carbonyl (C=O) groups excluding carboxylic acids is 1. The number of fused-ring (bicyclic) bond motifs is 1. The fraction of sp³-hybridized carbons (Fsp3) is 0.273. The molecule has 2 N–H and O–H groups in total. The Morgan fingerprint density at radius 3 is 2.22 bits per heavy atom. The summed E-state index contributed by atoms with van der Waals surface area (Å²) in [5.74, 6) is 0.595. The lowest BCUT2D eigenvalue weighted by molar-refractivity contribution is -0.123. The molecule has 0 saturated heterocycles. The monoisotopic (exact) mass is 361 g/mol. The summed E-state index contributed by atoms with van der Waals surface area (Å²) in [5, 5.41) is 4.47. The molecule has 5 nitrogen and oxygen atoms in total. The summed E-state index contributed by atoms with van der Waals surface area (Å²) in [7, 11) is 0. The Morgan fingerprint density at radius 2 is 1.67 bits per heavy atom. The van der Waals surface area contributed by atoms with E-state index in [0.717, 1.165) is 30.0 Å². The number of amides is 1. The zero-order valence-electron chi connectivity index (χ0n) is 15.3. The second kappa shape index (κ2) is 7.37. The molecule has 0 bridgehead atoms. The number of carbonyl (C=O) groups is 1. The number of nitrogens with zero attached hydrogens (tertiary/aromatic N) is 2.